The minimum Gasteiger partial charge on any atom is -0.198 e. The van der Waals surface area contributed by atoms with E-state index in [2.05, 4.69) is 74.5 Å². The fourth-order valence-electron chi connectivity index (χ4n) is 5.51. The number of rotatable bonds is 2. The first kappa shape index (κ1) is 15.9. The van der Waals surface area contributed by atoms with Gasteiger partial charge in [-0.15, -0.1) is 0 Å². The van der Waals surface area contributed by atoms with E-state index in [1.54, 1.807) is 0 Å². The van der Waals surface area contributed by atoms with Gasteiger partial charge >= 0.3 is 0 Å². The molecule has 0 radical (unpaired) electrons. The van der Waals surface area contributed by atoms with Crippen LogP contribution in [0.2, 0.25) is 11.1 Å². The Kier molecular flexibility index (Phi) is 3.64. The van der Waals surface area contributed by atoms with Crippen molar-refractivity contribution in [1.82, 2.24) is 0 Å². The summed E-state index contributed by atoms with van der Waals surface area (Å²) in [5, 5.41) is 22.5. The molecule has 0 N–H and O–H groups in total. The molecule has 0 aliphatic carbocycles. The van der Waals surface area contributed by atoms with Crippen molar-refractivity contribution < 1.29 is 0 Å². The molecule has 3 heteroatoms. The molecule has 25 heavy (non-hydrogen) atoms. The fraction of sp³-hybridized carbons (Fsp3) is 0.273. The SMILES string of the molecule is CC1=C(C)[C@H]2[C@@H](C#N)[C@H](C#N)[C@@H]1[Si]2(c1ccccc1)c1ccccc1. The maximum atomic E-state index is 9.92. The Bertz CT molecular complexity index is 840. The zero-order valence-electron chi connectivity index (χ0n) is 14.5. The first-order chi connectivity index (χ1) is 12.2. The Morgan fingerprint density at radius 2 is 1.04 bits per heavy atom. The summed E-state index contributed by atoms with van der Waals surface area (Å²) in [6.07, 6.45) is 0. The predicted molar refractivity (Wildman–Crippen MR) is 102 cm³/mol. The molecule has 2 nitrogen and oxygen atoms in total. The Morgan fingerprint density at radius 3 is 1.36 bits per heavy atom. The van der Waals surface area contributed by atoms with Crippen LogP contribution >= 0.6 is 0 Å². The number of fused-ring (bicyclic) bond motifs is 2. The molecule has 1 fully saturated rings. The molecule has 122 valence electrons. The third-order valence-corrected chi connectivity index (χ3v) is 12.6. The normalized spacial score (nSPS) is 29.3. The zero-order valence-corrected chi connectivity index (χ0v) is 15.5. The van der Waals surface area contributed by atoms with Crippen LogP contribution in [0.3, 0.4) is 0 Å². The highest BCUT2D eigenvalue weighted by Crippen LogP contribution is 2.65. The van der Waals surface area contributed by atoms with E-state index in [4.69, 9.17) is 0 Å². The summed E-state index contributed by atoms with van der Waals surface area (Å²) >= 11 is 0. The molecule has 2 aliphatic rings. The second kappa shape index (κ2) is 5.72. The monoisotopic (exact) mass is 340 g/mol. The summed E-state index contributed by atoms with van der Waals surface area (Å²) < 4.78 is 0. The van der Waals surface area contributed by atoms with Crippen molar-refractivity contribution in [2.45, 2.75) is 24.9 Å². The van der Waals surface area contributed by atoms with E-state index in [1.165, 1.54) is 21.5 Å². The van der Waals surface area contributed by atoms with E-state index in [1.807, 2.05) is 12.1 Å². The second-order valence-electron chi connectivity index (χ2n) is 7.23. The topological polar surface area (TPSA) is 47.6 Å². The zero-order chi connectivity index (χ0) is 17.6. The molecule has 4 atom stereocenters. The van der Waals surface area contributed by atoms with Gasteiger partial charge in [0.15, 0.2) is 0 Å². The average Bonchev–Trinajstić information content (AvgIpc) is 3.09. The van der Waals surface area contributed by atoms with Crippen molar-refractivity contribution >= 4 is 18.4 Å². The number of benzene rings is 2. The lowest BCUT2D eigenvalue weighted by Gasteiger charge is -2.35. The fourth-order valence-corrected chi connectivity index (χ4v) is 12.7. The van der Waals surface area contributed by atoms with Crippen molar-refractivity contribution in [3.8, 4) is 12.1 Å². The van der Waals surface area contributed by atoms with Crippen molar-refractivity contribution in [2.75, 3.05) is 0 Å². The van der Waals surface area contributed by atoms with E-state index >= 15 is 0 Å². The molecule has 0 unspecified atom stereocenters. The van der Waals surface area contributed by atoms with Gasteiger partial charge in [0.25, 0.3) is 0 Å². The molecule has 2 aromatic rings. The standard InChI is InChI=1S/C22H20N2Si/c1-15-16(2)22-20(14-24)19(13-23)21(15)25(22,17-9-5-3-6-10-17)18-11-7-4-8-12-18/h3-12,19-22H,1-2H3/t19-,20-,21-,22+/m0/s1. The molecule has 0 saturated carbocycles. The van der Waals surface area contributed by atoms with Gasteiger partial charge < -0.3 is 0 Å². The molecular weight excluding hydrogens is 320 g/mol. The summed E-state index contributed by atoms with van der Waals surface area (Å²) in [6.45, 7) is 4.37. The summed E-state index contributed by atoms with van der Waals surface area (Å²) in [7, 11) is -2.29. The highest BCUT2D eigenvalue weighted by Gasteiger charge is 2.68. The first-order valence-electron chi connectivity index (χ1n) is 8.75. The highest BCUT2D eigenvalue weighted by molar-refractivity contribution is 7.06. The van der Waals surface area contributed by atoms with Crippen LogP contribution in [0.5, 0.6) is 0 Å². The number of hydrogen-bond donors (Lipinski definition) is 0. The van der Waals surface area contributed by atoms with Crippen molar-refractivity contribution in [2.24, 2.45) is 11.8 Å². The van der Waals surface area contributed by atoms with Gasteiger partial charge in [-0.2, -0.15) is 10.5 Å². The molecule has 0 spiro atoms. The molecule has 4 rings (SSSR count). The first-order valence-corrected chi connectivity index (χ1v) is 10.9. The van der Waals surface area contributed by atoms with Crippen LogP contribution in [0.1, 0.15) is 13.8 Å². The Labute approximate surface area is 150 Å². The van der Waals surface area contributed by atoms with Gasteiger partial charge in [-0.3, -0.25) is 0 Å². The van der Waals surface area contributed by atoms with Crippen molar-refractivity contribution in [3.05, 3.63) is 71.8 Å². The second-order valence-corrected chi connectivity index (χ2v) is 11.4. The van der Waals surface area contributed by atoms with Gasteiger partial charge in [-0.25, -0.2) is 0 Å². The van der Waals surface area contributed by atoms with Gasteiger partial charge in [0.05, 0.1) is 24.0 Å². The third-order valence-electron chi connectivity index (χ3n) is 6.44. The quantitative estimate of drug-likeness (QED) is 0.619. The van der Waals surface area contributed by atoms with E-state index in [0.717, 1.165) is 0 Å². The summed E-state index contributed by atoms with van der Waals surface area (Å²) in [5.41, 5.74) is 3.08. The van der Waals surface area contributed by atoms with Gasteiger partial charge in [0.1, 0.15) is 8.07 Å². The van der Waals surface area contributed by atoms with E-state index in [0.29, 0.717) is 0 Å². The van der Waals surface area contributed by atoms with Crippen molar-refractivity contribution in [1.29, 1.82) is 10.5 Å². The van der Waals surface area contributed by atoms with E-state index in [-0.39, 0.29) is 22.9 Å². The average molecular weight is 341 g/mol. The van der Waals surface area contributed by atoms with Gasteiger partial charge in [-0.1, -0.05) is 82.2 Å². The predicted octanol–water partition coefficient (Wildman–Crippen LogP) is 3.63. The lowest BCUT2D eigenvalue weighted by Crippen LogP contribution is -2.61. The van der Waals surface area contributed by atoms with E-state index in [9.17, 15) is 10.5 Å². The number of nitrogens with zero attached hydrogens (tertiary/aromatic N) is 2. The van der Waals surface area contributed by atoms with Gasteiger partial charge in [0.2, 0.25) is 0 Å². The minimum atomic E-state index is -2.29. The lowest BCUT2D eigenvalue weighted by molar-refractivity contribution is 0.502. The molecule has 2 aliphatic heterocycles. The molecule has 2 heterocycles. The molecule has 2 bridgehead atoms. The summed E-state index contributed by atoms with van der Waals surface area (Å²) in [6, 6.07) is 26.4. The molecular formula is C22H20N2Si. The van der Waals surface area contributed by atoms with Crippen LogP contribution in [-0.4, -0.2) is 8.07 Å². The molecule has 0 amide bonds. The Balaban J connectivity index is 2.08. The van der Waals surface area contributed by atoms with Crippen LogP contribution in [-0.2, 0) is 0 Å². The Morgan fingerprint density at radius 1 is 0.680 bits per heavy atom. The summed E-state index contributed by atoms with van der Waals surface area (Å²) in [5.74, 6) is -0.406. The minimum absolute atomic E-state index is 0.192. The molecule has 0 aromatic heterocycles. The molecule has 2 aromatic carbocycles. The largest absolute Gasteiger partial charge is 0.198 e. The maximum absolute atomic E-state index is 9.92. The number of nitriles is 2. The third kappa shape index (κ3) is 1.88. The van der Waals surface area contributed by atoms with E-state index < -0.39 is 8.07 Å². The van der Waals surface area contributed by atoms with Crippen LogP contribution in [0.4, 0.5) is 0 Å². The lowest BCUT2D eigenvalue weighted by atomic mass is 9.78. The van der Waals surface area contributed by atoms with Gasteiger partial charge in [0, 0.05) is 11.1 Å². The number of hydrogen-bond acceptors (Lipinski definition) is 2. The van der Waals surface area contributed by atoms with Crippen LogP contribution in [0, 0.1) is 34.5 Å². The maximum Gasteiger partial charge on any atom is 0.134 e. The van der Waals surface area contributed by atoms with Gasteiger partial charge in [-0.05, 0) is 13.8 Å². The smallest absolute Gasteiger partial charge is 0.134 e. The van der Waals surface area contributed by atoms with Crippen molar-refractivity contribution in [3.63, 3.8) is 0 Å². The van der Waals surface area contributed by atoms with Crippen LogP contribution in [0.25, 0.3) is 0 Å². The van der Waals surface area contributed by atoms with Crippen LogP contribution < -0.4 is 10.4 Å². The summed E-state index contributed by atoms with van der Waals surface area (Å²) in [4.78, 5) is 0. The van der Waals surface area contributed by atoms with Crippen LogP contribution in [0.15, 0.2) is 71.8 Å². The Hall–Kier alpha value is -2.62. The highest BCUT2D eigenvalue weighted by atomic mass is 28.3. The molecule has 1 saturated heterocycles. The number of allylic oxidation sites excluding steroid dienone is 2.